The number of hydrogen-bond acceptors (Lipinski definition) is 2. The van der Waals surface area contributed by atoms with Crippen LogP contribution in [0.2, 0.25) is 0 Å². The molecule has 1 aromatic carbocycles. The Kier molecular flexibility index (Phi) is 4.37. The van der Waals surface area contributed by atoms with E-state index in [9.17, 15) is 4.79 Å². The molecule has 0 aliphatic heterocycles. The van der Waals surface area contributed by atoms with Crippen LogP contribution >= 0.6 is 0 Å². The van der Waals surface area contributed by atoms with E-state index in [1.54, 1.807) is 0 Å². The molecule has 0 bridgehead atoms. The van der Waals surface area contributed by atoms with Crippen LogP contribution in [0.3, 0.4) is 0 Å². The lowest BCUT2D eigenvalue weighted by molar-refractivity contribution is 0.184. The Labute approximate surface area is 153 Å². The summed E-state index contributed by atoms with van der Waals surface area (Å²) in [6, 6.07) is 14.7. The third-order valence-corrected chi connectivity index (χ3v) is 5.43. The zero-order valence-corrected chi connectivity index (χ0v) is 15.3. The number of nitrogens with zero attached hydrogens (tertiary/aromatic N) is 3. The maximum absolute atomic E-state index is 12.7. The van der Waals surface area contributed by atoms with Crippen LogP contribution in [0.15, 0.2) is 48.7 Å². The number of aromatic nitrogens is 2. The number of likely N-dealkylation sites (N-methyl/N-ethyl adjacent to an activating group) is 1. The summed E-state index contributed by atoms with van der Waals surface area (Å²) in [7, 11) is 1.90. The maximum Gasteiger partial charge on any atom is 0.317 e. The summed E-state index contributed by atoms with van der Waals surface area (Å²) in [6.45, 7) is 2.46. The minimum atomic E-state index is -0.0281. The van der Waals surface area contributed by atoms with Gasteiger partial charge in [-0.05, 0) is 49.4 Å². The Hall–Kier alpha value is -2.82. The van der Waals surface area contributed by atoms with Gasteiger partial charge in [0.05, 0.1) is 17.9 Å². The van der Waals surface area contributed by atoms with Gasteiger partial charge in [-0.2, -0.15) is 0 Å². The molecule has 2 aromatic heterocycles. The number of hydrogen-bond donors (Lipinski definition) is 1. The standard InChI is InChI=1S/C21H24N4O/c1-15-19(25-12-6-5-9-20(25)23-15)14-22-21(26)24(2)18-11-10-16-7-3-4-8-17(16)13-18/h3-9,12,18H,10-11,13-14H2,1-2H3,(H,22,26). The summed E-state index contributed by atoms with van der Waals surface area (Å²) < 4.78 is 2.03. The summed E-state index contributed by atoms with van der Waals surface area (Å²) in [4.78, 5) is 19.1. The van der Waals surface area contributed by atoms with Gasteiger partial charge in [-0.25, -0.2) is 9.78 Å². The Morgan fingerprint density at radius 1 is 1.23 bits per heavy atom. The van der Waals surface area contributed by atoms with Gasteiger partial charge in [0.1, 0.15) is 5.65 Å². The number of benzene rings is 1. The second-order valence-corrected chi connectivity index (χ2v) is 7.01. The fourth-order valence-corrected chi connectivity index (χ4v) is 3.84. The number of carbonyl (C=O) groups excluding carboxylic acids is 1. The Morgan fingerprint density at radius 3 is 2.85 bits per heavy atom. The molecule has 26 heavy (non-hydrogen) atoms. The van der Waals surface area contributed by atoms with E-state index in [0.29, 0.717) is 6.54 Å². The molecule has 0 saturated heterocycles. The van der Waals surface area contributed by atoms with Crippen molar-refractivity contribution < 1.29 is 4.79 Å². The van der Waals surface area contributed by atoms with Crippen LogP contribution in [-0.4, -0.2) is 33.4 Å². The van der Waals surface area contributed by atoms with Crippen LogP contribution < -0.4 is 5.32 Å². The summed E-state index contributed by atoms with van der Waals surface area (Å²) in [5, 5.41) is 3.07. The number of rotatable bonds is 3. The molecule has 5 nitrogen and oxygen atoms in total. The summed E-state index contributed by atoms with van der Waals surface area (Å²) in [5.74, 6) is 0. The largest absolute Gasteiger partial charge is 0.332 e. The van der Waals surface area contributed by atoms with Gasteiger partial charge in [0, 0.05) is 19.3 Å². The molecule has 5 heteroatoms. The van der Waals surface area contributed by atoms with E-state index in [0.717, 1.165) is 36.3 Å². The highest BCUT2D eigenvalue weighted by molar-refractivity contribution is 5.74. The predicted molar refractivity (Wildman–Crippen MR) is 102 cm³/mol. The van der Waals surface area contributed by atoms with Gasteiger partial charge in [-0.3, -0.25) is 0 Å². The van der Waals surface area contributed by atoms with Crippen molar-refractivity contribution in [2.24, 2.45) is 0 Å². The molecule has 0 fully saturated rings. The average Bonchev–Trinajstić information content (AvgIpc) is 3.00. The van der Waals surface area contributed by atoms with Crippen molar-refractivity contribution in [2.75, 3.05) is 7.05 Å². The minimum Gasteiger partial charge on any atom is -0.332 e. The lowest BCUT2D eigenvalue weighted by Gasteiger charge is -2.32. The third kappa shape index (κ3) is 3.05. The van der Waals surface area contributed by atoms with Crippen LogP contribution in [-0.2, 0) is 19.4 Å². The smallest absolute Gasteiger partial charge is 0.317 e. The summed E-state index contributed by atoms with van der Waals surface area (Å²) in [5.41, 5.74) is 5.66. The average molecular weight is 348 g/mol. The van der Waals surface area contributed by atoms with Gasteiger partial charge in [0.15, 0.2) is 0 Å². The molecule has 2 heterocycles. The van der Waals surface area contributed by atoms with Crippen LogP contribution in [0.4, 0.5) is 4.79 Å². The molecule has 134 valence electrons. The Bertz CT molecular complexity index is 946. The number of imidazole rings is 1. The molecule has 1 atom stereocenters. The Balaban J connectivity index is 1.43. The van der Waals surface area contributed by atoms with E-state index in [1.165, 1.54) is 11.1 Å². The number of carbonyl (C=O) groups is 1. The number of amides is 2. The number of pyridine rings is 1. The van der Waals surface area contributed by atoms with Gasteiger partial charge in [-0.1, -0.05) is 30.3 Å². The molecule has 0 radical (unpaired) electrons. The second kappa shape index (κ2) is 6.83. The van der Waals surface area contributed by atoms with Crippen LogP contribution in [0, 0.1) is 6.92 Å². The van der Waals surface area contributed by atoms with E-state index in [1.807, 2.05) is 47.7 Å². The van der Waals surface area contributed by atoms with Gasteiger partial charge in [0.25, 0.3) is 0 Å². The molecule has 1 unspecified atom stereocenters. The first kappa shape index (κ1) is 16.6. The number of fused-ring (bicyclic) bond motifs is 2. The lowest BCUT2D eigenvalue weighted by atomic mass is 9.88. The number of aryl methyl sites for hydroxylation is 2. The van der Waals surface area contributed by atoms with Crippen molar-refractivity contribution in [3.8, 4) is 0 Å². The number of nitrogens with one attached hydrogen (secondary N) is 1. The molecular weight excluding hydrogens is 324 g/mol. The molecule has 1 aliphatic rings. The van der Waals surface area contributed by atoms with E-state index < -0.39 is 0 Å². The zero-order chi connectivity index (χ0) is 18.1. The van der Waals surface area contributed by atoms with Crippen molar-refractivity contribution in [1.82, 2.24) is 19.6 Å². The summed E-state index contributed by atoms with van der Waals surface area (Å²) >= 11 is 0. The fourth-order valence-electron chi connectivity index (χ4n) is 3.84. The molecule has 0 spiro atoms. The molecular formula is C21H24N4O. The van der Waals surface area contributed by atoms with Crippen LogP contribution in [0.1, 0.15) is 28.9 Å². The van der Waals surface area contributed by atoms with Crippen molar-refractivity contribution in [3.05, 3.63) is 71.2 Å². The van der Waals surface area contributed by atoms with Crippen LogP contribution in [0.25, 0.3) is 5.65 Å². The van der Waals surface area contributed by atoms with E-state index in [4.69, 9.17) is 0 Å². The first-order valence-electron chi connectivity index (χ1n) is 9.13. The molecule has 0 saturated carbocycles. The predicted octanol–water partition coefficient (Wildman–Crippen LogP) is 3.34. The fraction of sp³-hybridized carbons (Fsp3) is 0.333. The first-order valence-corrected chi connectivity index (χ1v) is 9.13. The van der Waals surface area contributed by atoms with Crippen molar-refractivity contribution in [2.45, 2.75) is 38.8 Å². The molecule has 1 N–H and O–H groups in total. The van der Waals surface area contributed by atoms with Gasteiger partial charge in [-0.15, -0.1) is 0 Å². The Morgan fingerprint density at radius 2 is 2.00 bits per heavy atom. The van der Waals surface area contributed by atoms with E-state index >= 15 is 0 Å². The molecule has 3 aromatic rings. The first-order chi connectivity index (χ1) is 12.6. The quantitative estimate of drug-likeness (QED) is 0.789. The van der Waals surface area contributed by atoms with Crippen molar-refractivity contribution in [1.29, 1.82) is 0 Å². The molecule has 2 amide bonds. The third-order valence-electron chi connectivity index (χ3n) is 5.43. The van der Waals surface area contributed by atoms with Gasteiger partial charge in [0.2, 0.25) is 0 Å². The second-order valence-electron chi connectivity index (χ2n) is 7.01. The lowest BCUT2D eigenvalue weighted by Crippen LogP contribution is -2.45. The summed E-state index contributed by atoms with van der Waals surface area (Å²) in [6.07, 6.45) is 4.95. The van der Waals surface area contributed by atoms with Gasteiger partial charge >= 0.3 is 6.03 Å². The van der Waals surface area contributed by atoms with E-state index in [2.05, 4.69) is 34.6 Å². The highest BCUT2D eigenvalue weighted by atomic mass is 16.2. The molecule has 1 aliphatic carbocycles. The SMILES string of the molecule is Cc1nc2ccccn2c1CNC(=O)N(C)C1CCc2ccccc2C1. The van der Waals surface area contributed by atoms with E-state index in [-0.39, 0.29) is 12.1 Å². The monoisotopic (exact) mass is 348 g/mol. The highest BCUT2D eigenvalue weighted by Crippen LogP contribution is 2.24. The van der Waals surface area contributed by atoms with Crippen molar-refractivity contribution >= 4 is 11.7 Å². The van der Waals surface area contributed by atoms with Crippen molar-refractivity contribution in [3.63, 3.8) is 0 Å². The normalized spacial score (nSPS) is 16.3. The minimum absolute atomic E-state index is 0.0281. The number of urea groups is 1. The molecule has 4 rings (SSSR count). The highest BCUT2D eigenvalue weighted by Gasteiger charge is 2.25. The zero-order valence-electron chi connectivity index (χ0n) is 15.3. The topological polar surface area (TPSA) is 49.6 Å². The van der Waals surface area contributed by atoms with Crippen LogP contribution in [0.5, 0.6) is 0 Å². The maximum atomic E-state index is 12.7. The van der Waals surface area contributed by atoms with Gasteiger partial charge < -0.3 is 14.6 Å².